The van der Waals surface area contributed by atoms with Crippen LogP contribution in [0.1, 0.15) is 42.5 Å². The molecular formula is C17H20N2O4. The van der Waals surface area contributed by atoms with Gasteiger partial charge in [0.25, 0.3) is 5.91 Å². The van der Waals surface area contributed by atoms with E-state index in [0.29, 0.717) is 11.8 Å². The van der Waals surface area contributed by atoms with Crippen LogP contribution in [0.3, 0.4) is 0 Å². The Morgan fingerprint density at radius 1 is 0.957 bits per heavy atom. The van der Waals surface area contributed by atoms with E-state index in [9.17, 15) is 20.1 Å². The first-order valence-electron chi connectivity index (χ1n) is 8.14. The van der Waals surface area contributed by atoms with E-state index in [1.165, 1.54) is 32.1 Å². The number of nitrogens with one attached hydrogen (secondary N) is 1. The number of aromatic hydroxyl groups is 3. The minimum absolute atomic E-state index is 0.0611. The van der Waals surface area contributed by atoms with E-state index in [2.05, 4.69) is 10.5 Å². The molecule has 0 aliphatic heterocycles. The van der Waals surface area contributed by atoms with E-state index in [-0.39, 0.29) is 5.56 Å². The molecule has 23 heavy (non-hydrogen) atoms. The summed E-state index contributed by atoms with van der Waals surface area (Å²) in [6.07, 6.45) is 6.09. The summed E-state index contributed by atoms with van der Waals surface area (Å²) in [5, 5.41) is 32.7. The highest BCUT2D eigenvalue weighted by Crippen LogP contribution is 2.52. The molecule has 0 unspecified atom stereocenters. The maximum atomic E-state index is 12.2. The van der Waals surface area contributed by atoms with Crippen molar-refractivity contribution >= 4 is 11.6 Å². The molecule has 0 radical (unpaired) electrons. The van der Waals surface area contributed by atoms with Gasteiger partial charge in [0, 0.05) is 11.3 Å². The molecule has 4 aliphatic rings. The Morgan fingerprint density at radius 3 is 2.00 bits per heavy atom. The van der Waals surface area contributed by atoms with Gasteiger partial charge >= 0.3 is 0 Å². The summed E-state index contributed by atoms with van der Waals surface area (Å²) in [7, 11) is 0. The van der Waals surface area contributed by atoms with Gasteiger partial charge in [-0.05, 0) is 67.9 Å². The van der Waals surface area contributed by atoms with Gasteiger partial charge in [0.1, 0.15) is 0 Å². The third kappa shape index (κ3) is 2.42. The number of hydrogen-bond acceptors (Lipinski definition) is 5. The third-order valence-electron chi connectivity index (χ3n) is 5.59. The molecule has 0 aromatic heterocycles. The van der Waals surface area contributed by atoms with Gasteiger partial charge in [0.05, 0.1) is 0 Å². The van der Waals surface area contributed by atoms with E-state index in [1.54, 1.807) is 0 Å². The van der Waals surface area contributed by atoms with Crippen molar-refractivity contribution in [1.82, 2.24) is 5.43 Å². The van der Waals surface area contributed by atoms with Crippen LogP contribution in [0.4, 0.5) is 0 Å². The molecule has 0 heterocycles. The molecule has 0 spiro atoms. The van der Waals surface area contributed by atoms with Gasteiger partial charge in [0.2, 0.25) is 0 Å². The monoisotopic (exact) mass is 316 g/mol. The largest absolute Gasteiger partial charge is 0.504 e. The molecule has 122 valence electrons. The summed E-state index contributed by atoms with van der Waals surface area (Å²) < 4.78 is 0. The van der Waals surface area contributed by atoms with Crippen molar-refractivity contribution in [3.05, 3.63) is 17.7 Å². The average molecular weight is 316 g/mol. The second kappa shape index (κ2) is 5.15. The highest BCUT2D eigenvalue weighted by atomic mass is 16.3. The van der Waals surface area contributed by atoms with Crippen molar-refractivity contribution in [2.24, 2.45) is 28.8 Å². The summed E-state index contributed by atoms with van der Waals surface area (Å²) in [6, 6.07) is 2.23. The Balaban J connectivity index is 1.51. The standard InChI is InChI=1S/C17H20N2O4/c20-13-6-12(7-14(21)16(13)22)17(23)19-18-15-10-2-8-1-9(4-10)5-11(15)3-8/h6-11,20-22H,1-5H2,(H,19,23). The fraction of sp³-hybridized carbons (Fsp3) is 0.529. The van der Waals surface area contributed by atoms with Crippen LogP contribution >= 0.6 is 0 Å². The summed E-state index contributed by atoms with van der Waals surface area (Å²) in [4.78, 5) is 12.2. The molecule has 1 aromatic rings. The number of amides is 1. The first kappa shape index (κ1) is 14.4. The zero-order valence-electron chi connectivity index (χ0n) is 12.7. The van der Waals surface area contributed by atoms with E-state index in [4.69, 9.17) is 0 Å². The van der Waals surface area contributed by atoms with Crippen molar-refractivity contribution in [2.45, 2.75) is 32.1 Å². The molecule has 4 N–H and O–H groups in total. The molecule has 0 atom stereocenters. The molecule has 5 rings (SSSR count). The lowest BCUT2D eigenvalue weighted by atomic mass is 9.55. The Morgan fingerprint density at radius 2 is 1.48 bits per heavy atom. The van der Waals surface area contributed by atoms with Crippen LogP contribution < -0.4 is 5.43 Å². The normalized spacial score (nSPS) is 31.2. The molecule has 4 aliphatic carbocycles. The van der Waals surface area contributed by atoms with Gasteiger partial charge in [-0.25, -0.2) is 5.43 Å². The lowest BCUT2D eigenvalue weighted by molar-refractivity contribution is 0.0941. The van der Waals surface area contributed by atoms with Crippen molar-refractivity contribution < 1.29 is 20.1 Å². The molecule has 1 amide bonds. The number of carbonyl (C=O) groups is 1. The summed E-state index contributed by atoms with van der Waals surface area (Å²) in [6.45, 7) is 0. The molecule has 4 bridgehead atoms. The minimum Gasteiger partial charge on any atom is -0.504 e. The van der Waals surface area contributed by atoms with Crippen molar-refractivity contribution in [3.63, 3.8) is 0 Å². The first-order valence-corrected chi connectivity index (χ1v) is 8.14. The van der Waals surface area contributed by atoms with E-state index in [0.717, 1.165) is 29.7 Å². The second-order valence-corrected chi connectivity index (χ2v) is 7.15. The lowest BCUT2D eigenvalue weighted by Crippen LogP contribution is -2.46. The Hall–Kier alpha value is -2.24. The fourth-order valence-corrected chi connectivity index (χ4v) is 4.76. The molecule has 4 saturated carbocycles. The Kier molecular flexibility index (Phi) is 3.21. The maximum absolute atomic E-state index is 12.2. The SMILES string of the molecule is O=C(NN=C1C2CC3CC(C2)CC1C3)c1cc(O)c(O)c(O)c1. The molecule has 1 aromatic carbocycles. The summed E-state index contributed by atoms with van der Waals surface area (Å²) >= 11 is 0. The minimum atomic E-state index is -0.631. The van der Waals surface area contributed by atoms with Crippen LogP contribution in [0.2, 0.25) is 0 Å². The smallest absolute Gasteiger partial charge is 0.271 e. The van der Waals surface area contributed by atoms with Crippen LogP contribution in [-0.4, -0.2) is 26.9 Å². The van der Waals surface area contributed by atoms with Gasteiger partial charge < -0.3 is 15.3 Å². The Bertz CT molecular complexity index is 645. The molecule has 6 nitrogen and oxygen atoms in total. The average Bonchev–Trinajstić information content (AvgIpc) is 2.50. The number of hydrazone groups is 1. The third-order valence-corrected chi connectivity index (χ3v) is 5.59. The Labute approximate surface area is 133 Å². The zero-order valence-corrected chi connectivity index (χ0v) is 12.7. The van der Waals surface area contributed by atoms with Crippen LogP contribution in [0.15, 0.2) is 17.2 Å². The molecule has 4 fully saturated rings. The van der Waals surface area contributed by atoms with Crippen LogP contribution in [0.5, 0.6) is 17.2 Å². The number of carbonyl (C=O) groups excluding carboxylic acids is 1. The number of phenolic OH excluding ortho intramolecular Hbond substituents is 3. The summed E-state index contributed by atoms with van der Waals surface area (Å²) in [5.74, 6) is 0.457. The van der Waals surface area contributed by atoms with Crippen molar-refractivity contribution in [2.75, 3.05) is 0 Å². The van der Waals surface area contributed by atoms with E-state index < -0.39 is 23.2 Å². The predicted molar refractivity (Wildman–Crippen MR) is 83.4 cm³/mol. The molecule has 0 saturated heterocycles. The second-order valence-electron chi connectivity index (χ2n) is 7.15. The van der Waals surface area contributed by atoms with Gasteiger partial charge in [-0.3, -0.25) is 4.79 Å². The van der Waals surface area contributed by atoms with E-state index >= 15 is 0 Å². The van der Waals surface area contributed by atoms with Crippen LogP contribution in [-0.2, 0) is 0 Å². The number of phenols is 3. The lowest BCUT2D eigenvalue weighted by Gasteiger charge is -2.50. The maximum Gasteiger partial charge on any atom is 0.271 e. The van der Waals surface area contributed by atoms with Gasteiger partial charge in [-0.2, -0.15) is 5.10 Å². The highest BCUT2D eigenvalue weighted by Gasteiger charge is 2.46. The van der Waals surface area contributed by atoms with Gasteiger partial charge in [-0.1, -0.05) is 0 Å². The van der Waals surface area contributed by atoms with Crippen LogP contribution in [0.25, 0.3) is 0 Å². The summed E-state index contributed by atoms with van der Waals surface area (Å²) in [5.41, 5.74) is 3.72. The topological polar surface area (TPSA) is 102 Å². The highest BCUT2D eigenvalue weighted by molar-refractivity contribution is 5.97. The number of hydrogen-bond donors (Lipinski definition) is 4. The van der Waals surface area contributed by atoms with Gasteiger partial charge in [-0.15, -0.1) is 0 Å². The number of rotatable bonds is 2. The fourth-order valence-electron chi connectivity index (χ4n) is 4.76. The van der Waals surface area contributed by atoms with Crippen LogP contribution in [0, 0.1) is 23.7 Å². The molecular weight excluding hydrogens is 296 g/mol. The zero-order chi connectivity index (χ0) is 16.1. The van der Waals surface area contributed by atoms with Gasteiger partial charge in [0.15, 0.2) is 17.2 Å². The molecule has 6 heteroatoms. The first-order chi connectivity index (χ1) is 11.0. The number of nitrogens with zero attached hydrogens (tertiary/aromatic N) is 1. The predicted octanol–water partition coefficient (Wildman–Crippen LogP) is 2.35. The number of benzene rings is 1. The quantitative estimate of drug-likeness (QED) is 0.497. The van der Waals surface area contributed by atoms with Crippen molar-refractivity contribution in [1.29, 1.82) is 0 Å². The van der Waals surface area contributed by atoms with E-state index in [1.807, 2.05) is 0 Å². The van der Waals surface area contributed by atoms with Crippen molar-refractivity contribution in [3.8, 4) is 17.2 Å².